The molecule has 0 saturated heterocycles. The molecule has 1 nitrogen and oxygen atoms in total. The van der Waals surface area contributed by atoms with Crippen molar-refractivity contribution in [2.45, 2.75) is 58.0 Å². The van der Waals surface area contributed by atoms with Crippen molar-refractivity contribution in [2.24, 2.45) is 23.2 Å². The Morgan fingerprint density at radius 1 is 1.29 bits per heavy atom. The van der Waals surface area contributed by atoms with Crippen LogP contribution in [0.15, 0.2) is 0 Å². The first-order chi connectivity index (χ1) is 6.71. The Morgan fingerprint density at radius 3 is 2.64 bits per heavy atom. The van der Waals surface area contributed by atoms with Gasteiger partial charge in [0.15, 0.2) is 0 Å². The van der Waals surface area contributed by atoms with Crippen LogP contribution in [0.25, 0.3) is 0 Å². The van der Waals surface area contributed by atoms with E-state index in [2.05, 4.69) is 6.92 Å². The van der Waals surface area contributed by atoms with Crippen LogP contribution in [0.5, 0.6) is 0 Å². The molecule has 0 aromatic heterocycles. The van der Waals surface area contributed by atoms with E-state index in [9.17, 15) is 5.11 Å². The van der Waals surface area contributed by atoms with Gasteiger partial charge in [-0.05, 0) is 55.3 Å². The zero-order valence-corrected chi connectivity index (χ0v) is 9.21. The molecule has 0 amide bonds. The van der Waals surface area contributed by atoms with Crippen molar-refractivity contribution in [1.82, 2.24) is 0 Å². The average Bonchev–Trinajstić information content (AvgIpc) is 3.07. The maximum absolute atomic E-state index is 10.3. The fourth-order valence-electron chi connectivity index (χ4n) is 3.72. The van der Waals surface area contributed by atoms with Crippen LogP contribution < -0.4 is 0 Å². The molecular weight excluding hydrogens is 172 g/mol. The number of hydrogen-bond acceptors (Lipinski definition) is 1. The standard InChI is InChI=1S/C13H22O/c1-9-3-2-4-10(7-9)12(14)11-8-13(11)5-6-13/h9-12,14H,2-8H2,1H3. The topological polar surface area (TPSA) is 20.2 Å². The Hall–Kier alpha value is -0.0400. The predicted octanol–water partition coefficient (Wildman–Crippen LogP) is 2.97. The third-order valence-corrected chi connectivity index (χ3v) is 5.02. The highest BCUT2D eigenvalue weighted by Crippen LogP contribution is 2.72. The minimum atomic E-state index is 0.0558. The summed E-state index contributed by atoms with van der Waals surface area (Å²) in [4.78, 5) is 0. The van der Waals surface area contributed by atoms with E-state index in [4.69, 9.17) is 0 Å². The van der Waals surface area contributed by atoms with Crippen molar-refractivity contribution < 1.29 is 5.11 Å². The summed E-state index contributed by atoms with van der Waals surface area (Å²) < 4.78 is 0. The molecule has 1 N–H and O–H groups in total. The van der Waals surface area contributed by atoms with Crippen LogP contribution >= 0.6 is 0 Å². The SMILES string of the molecule is CC1CCCC(C(O)C2CC23CC3)C1. The van der Waals surface area contributed by atoms with Gasteiger partial charge in [0.2, 0.25) is 0 Å². The number of aliphatic hydroxyl groups excluding tert-OH is 1. The van der Waals surface area contributed by atoms with Crippen molar-refractivity contribution in [3.05, 3.63) is 0 Å². The lowest BCUT2D eigenvalue weighted by molar-refractivity contribution is 0.0488. The zero-order chi connectivity index (χ0) is 9.76. The third kappa shape index (κ3) is 1.41. The molecule has 3 aliphatic rings. The normalized spacial score (nSPS) is 46.3. The highest BCUT2D eigenvalue weighted by atomic mass is 16.3. The van der Waals surface area contributed by atoms with E-state index in [0.717, 1.165) is 5.92 Å². The molecule has 80 valence electrons. The second-order valence-electron chi connectivity index (χ2n) is 6.20. The lowest BCUT2D eigenvalue weighted by Crippen LogP contribution is -2.28. The van der Waals surface area contributed by atoms with Gasteiger partial charge in [-0.3, -0.25) is 0 Å². The highest BCUT2D eigenvalue weighted by Gasteiger charge is 2.65. The molecule has 0 bridgehead atoms. The largest absolute Gasteiger partial charge is 0.393 e. The van der Waals surface area contributed by atoms with E-state index in [-0.39, 0.29) is 6.10 Å². The summed E-state index contributed by atoms with van der Waals surface area (Å²) >= 11 is 0. The second kappa shape index (κ2) is 2.98. The number of rotatable bonds is 2. The Kier molecular flexibility index (Phi) is 1.96. The maximum atomic E-state index is 10.3. The van der Waals surface area contributed by atoms with E-state index < -0.39 is 0 Å². The molecule has 3 rings (SSSR count). The van der Waals surface area contributed by atoms with Gasteiger partial charge in [0, 0.05) is 0 Å². The summed E-state index contributed by atoms with van der Waals surface area (Å²) in [7, 11) is 0. The van der Waals surface area contributed by atoms with Gasteiger partial charge in [-0.2, -0.15) is 0 Å². The zero-order valence-electron chi connectivity index (χ0n) is 9.21. The van der Waals surface area contributed by atoms with Gasteiger partial charge >= 0.3 is 0 Å². The van der Waals surface area contributed by atoms with Crippen LogP contribution in [0.2, 0.25) is 0 Å². The molecule has 3 aliphatic carbocycles. The quantitative estimate of drug-likeness (QED) is 0.716. The lowest BCUT2D eigenvalue weighted by atomic mass is 9.78. The van der Waals surface area contributed by atoms with Gasteiger partial charge in [-0.15, -0.1) is 0 Å². The molecule has 14 heavy (non-hydrogen) atoms. The number of aliphatic hydroxyl groups is 1. The van der Waals surface area contributed by atoms with E-state index in [0.29, 0.717) is 17.3 Å². The van der Waals surface area contributed by atoms with E-state index in [1.807, 2.05) is 0 Å². The van der Waals surface area contributed by atoms with Gasteiger partial charge in [0.05, 0.1) is 6.10 Å². The minimum absolute atomic E-state index is 0.0558. The average molecular weight is 194 g/mol. The van der Waals surface area contributed by atoms with Gasteiger partial charge in [0.1, 0.15) is 0 Å². The minimum Gasteiger partial charge on any atom is -0.393 e. The third-order valence-electron chi connectivity index (χ3n) is 5.02. The van der Waals surface area contributed by atoms with Crippen LogP contribution in [0, 0.1) is 23.2 Å². The van der Waals surface area contributed by atoms with Gasteiger partial charge in [-0.25, -0.2) is 0 Å². The van der Waals surface area contributed by atoms with Crippen LogP contribution in [0.3, 0.4) is 0 Å². The summed E-state index contributed by atoms with van der Waals surface area (Å²) in [5, 5.41) is 10.3. The fraction of sp³-hybridized carbons (Fsp3) is 1.00. The summed E-state index contributed by atoms with van der Waals surface area (Å²) in [5.41, 5.74) is 0.681. The van der Waals surface area contributed by atoms with Crippen molar-refractivity contribution >= 4 is 0 Å². The maximum Gasteiger partial charge on any atom is 0.0602 e. The van der Waals surface area contributed by atoms with Gasteiger partial charge in [-0.1, -0.05) is 19.8 Å². The molecule has 3 saturated carbocycles. The second-order valence-corrected chi connectivity index (χ2v) is 6.20. The van der Waals surface area contributed by atoms with Crippen LogP contribution in [-0.2, 0) is 0 Å². The Bertz CT molecular complexity index is 231. The van der Waals surface area contributed by atoms with Crippen LogP contribution in [0.1, 0.15) is 51.9 Å². The molecule has 0 aliphatic heterocycles. The summed E-state index contributed by atoms with van der Waals surface area (Å²) in [6.45, 7) is 2.35. The van der Waals surface area contributed by atoms with Crippen molar-refractivity contribution in [3.63, 3.8) is 0 Å². The highest BCUT2D eigenvalue weighted by molar-refractivity contribution is 5.15. The van der Waals surface area contributed by atoms with Crippen molar-refractivity contribution in [3.8, 4) is 0 Å². The van der Waals surface area contributed by atoms with E-state index >= 15 is 0 Å². The lowest BCUT2D eigenvalue weighted by Gasteiger charge is -2.30. The number of hydrogen-bond donors (Lipinski definition) is 1. The summed E-state index contributed by atoms with van der Waals surface area (Å²) in [5.74, 6) is 2.21. The molecular formula is C13H22O. The Balaban J connectivity index is 1.58. The molecule has 0 heterocycles. The Labute approximate surface area is 86.9 Å². The molecule has 1 spiro atoms. The van der Waals surface area contributed by atoms with Gasteiger partial charge < -0.3 is 5.11 Å². The Morgan fingerprint density at radius 2 is 2.07 bits per heavy atom. The monoisotopic (exact) mass is 194 g/mol. The predicted molar refractivity (Wildman–Crippen MR) is 56.9 cm³/mol. The molecule has 0 aromatic rings. The van der Waals surface area contributed by atoms with Crippen LogP contribution in [0.4, 0.5) is 0 Å². The van der Waals surface area contributed by atoms with Crippen molar-refractivity contribution in [1.29, 1.82) is 0 Å². The molecule has 0 aromatic carbocycles. The molecule has 4 atom stereocenters. The van der Waals surface area contributed by atoms with Gasteiger partial charge in [0.25, 0.3) is 0 Å². The first kappa shape index (κ1) is 9.21. The first-order valence-electron chi connectivity index (χ1n) is 6.39. The van der Waals surface area contributed by atoms with E-state index in [1.165, 1.54) is 44.9 Å². The molecule has 1 heteroatoms. The summed E-state index contributed by atoms with van der Waals surface area (Å²) in [6, 6.07) is 0. The summed E-state index contributed by atoms with van der Waals surface area (Å²) in [6.07, 6.45) is 9.54. The molecule has 0 radical (unpaired) electrons. The van der Waals surface area contributed by atoms with E-state index in [1.54, 1.807) is 0 Å². The molecule has 4 unspecified atom stereocenters. The van der Waals surface area contributed by atoms with Crippen molar-refractivity contribution in [2.75, 3.05) is 0 Å². The smallest absolute Gasteiger partial charge is 0.0602 e. The molecule has 3 fully saturated rings. The van der Waals surface area contributed by atoms with Crippen LogP contribution in [-0.4, -0.2) is 11.2 Å². The first-order valence-corrected chi connectivity index (χ1v) is 6.39. The fourth-order valence-corrected chi connectivity index (χ4v) is 3.72.